The summed E-state index contributed by atoms with van der Waals surface area (Å²) in [6, 6.07) is 0. The number of nitrogens with zero attached hydrogens (tertiary/aromatic N) is 3. The van der Waals surface area contributed by atoms with Crippen LogP contribution < -0.4 is 0 Å². The van der Waals surface area contributed by atoms with Gasteiger partial charge in [-0.1, -0.05) is 0 Å². The van der Waals surface area contributed by atoms with Gasteiger partial charge >= 0.3 is 5.97 Å². The van der Waals surface area contributed by atoms with E-state index in [4.69, 9.17) is 4.84 Å². The van der Waals surface area contributed by atoms with Gasteiger partial charge in [0.15, 0.2) is 5.54 Å². The molecule has 8 heteroatoms. The standard InChI is InChI=1S/C14H18BrN3O4/c1-13(2,3)22-17-5-4-14(12(20)21,6-11(17)9-19)18-8-10(15)7-16-18/h7-8H,4-6H2,1-3H3,(H,20,21). The average Bonchev–Trinajstić information content (AvgIpc) is 2.84. The Balaban J connectivity index is 2.34. The van der Waals surface area contributed by atoms with Crippen LogP contribution in [-0.2, 0) is 20.0 Å². The number of carboxylic acid groups (broad SMARTS) is 1. The molecule has 0 aliphatic carbocycles. The average molecular weight is 372 g/mol. The van der Waals surface area contributed by atoms with Crippen molar-refractivity contribution in [3.8, 4) is 0 Å². The summed E-state index contributed by atoms with van der Waals surface area (Å²) < 4.78 is 2.06. The lowest BCUT2D eigenvalue weighted by Gasteiger charge is -2.41. The minimum absolute atomic E-state index is 0.0317. The second kappa shape index (κ2) is 5.87. The lowest BCUT2D eigenvalue weighted by molar-refractivity contribution is -0.221. The highest BCUT2D eigenvalue weighted by Gasteiger charge is 2.47. The second-order valence-electron chi connectivity index (χ2n) is 6.22. The number of allylic oxidation sites excluding steroid dienone is 1. The molecule has 1 fully saturated rings. The monoisotopic (exact) mass is 371 g/mol. The van der Waals surface area contributed by atoms with E-state index in [1.165, 1.54) is 15.9 Å². The Morgan fingerprint density at radius 2 is 2.23 bits per heavy atom. The molecule has 2 rings (SSSR count). The third kappa shape index (κ3) is 3.24. The highest BCUT2D eigenvalue weighted by atomic mass is 79.9. The van der Waals surface area contributed by atoms with Gasteiger partial charge < -0.3 is 5.11 Å². The Hall–Kier alpha value is -1.63. The van der Waals surface area contributed by atoms with Crippen molar-refractivity contribution in [1.82, 2.24) is 14.8 Å². The summed E-state index contributed by atoms with van der Waals surface area (Å²) in [6.45, 7) is 5.85. The molecule has 1 saturated heterocycles. The number of carboxylic acids is 1. The third-order valence-electron chi connectivity index (χ3n) is 3.38. The fourth-order valence-corrected chi connectivity index (χ4v) is 2.69. The van der Waals surface area contributed by atoms with Crippen LogP contribution in [0.5, 0.6) is 0 Å². The molecule has 1 atom stereocenters. The van der Waals surface area contributed by atoms with E-state index < -0.39 is 17.1 Å². The Labute approximate surface area is 136 Å². The highest BCUT2D eigenvalue weighted by molar-refractivity contribution is 9.10. The zero-order valence-corrected chi connectivity index (χ0v) is 14.3. The zero-order chi connectivity index (χ0) is 16.5. The van der Waals surface area contributed by atoms with Crippen LogP contribution in [0.3, 0.4) is 0 Å². The molecule has 1 aliphatic rings. The molecule has 7 nitrogen and oxygen atoms in total. The normalized spacial score (nSPS) is 22.5. The van der Waals surface area contributed by atoms with Gasteiger partial charge in [-0.25, -0.2) is 14.7 Å². The van der Waals surface area contributed by atoms with E-state index in [9.17, 15) is 14.7 Å². The number of carbonyl (C=O) groups excluding carboxylic acids is 1. The number of rotatable bonds is 3. The maximum atomic E-state index is 11.9. The Bertz CT molecular complexity index is 630. The number of piperidine rings is 1. The first kappa shape index (κ1) is 16.7. The van der Waals surface area contributed by atoms with E-state index in [1.807, 2.05) is 26.7 Å². The lowest BCUT2D eigenvalue weighted by atomic mass is 9.86. The summed E-state index contributed by atoms with van der Waals surface area (Å²) >= 11 is 3.26. The van der Waals surface area contributed by atoms with Crippen LogP contribution in [-0.4, -0.2) is 44.0 Å². The molecule has 1 unspecified atom stereocenters. The van der Waals surface area contributed by atoms with Crippen molar-refractivity contribution in [2.24, 2.45) is 0 Å². The number of hydrogen-bond donors (Lipinski definition) is 1. The van der Waals surface area contributed by atoms with Crippen molar-refractivity contribution in [3.63, 3.8) is 0 Å². The SMILES string of the molecule is CC(C)(C)ON1CCC(C(=O)O)(n2cc(Br)cn2)CC1=C=O. The summed E-state index contributed by atoms with van der Waals surface area (Å²) in [7, 11) is 0. The van der Waals surface area contributed by atoms with E-state index in [-0.39, 0.29) is 25.1 Å². The topological polar surface area (TPSA) is 84.7 Å². The van der Waals surface area contributed by atoms with Crippen molar-refractivity contribution in [1.29, 1.82) is 0 Å². The van der Waals surface area contributed by atoms with E-state index in [1.54, 1.807) is 6.20 Å². The molecule has 0 bridgehead atoms. The molecule has 1 aromatic heterocycles. The Morgan fingerprint density at radius 1 is 1.55 bits per heavy atom. The summed E-state index contributed by atoms with van der Waals surface area (Å²) in [5.41, 5.74) is -1.62. The summed E-state index contributed by atoms with van der Waals surface area (Å²) in [6.07, 6.45) is 3.34. The van der Waals surface area contributed by atoms with Gasteiger partial charge in [0.2, 0.25) is 0 Å². The number of aliphatic carboxylic acids is 1. The smallest absolute Gasteiger partial charge is 0.332 e. The number of aromatic nitrogens is 2. The van der Waals surface area contributed by atoms with Crippen LogP contribution in [0.2, 0.25) is 0 Å². The highest BCUT2D eigenvalue weighted by Crippen LogP contribution is 2.36. The Morgan fingerprint density at radius 3 is 2.68 bits per heavy atom. The van der Waals surface area contributed by atoms with Gasteiger partial charge in [-0.05, 0) is 36.7 Å². The van der Waals surface area contributed by atoms with Crippen molar-refractivity contribution in [2.75, 3.05) is 6.54 Å². The second-order valence-corrected chi connectivity index (χ2v) is 7.14. The molecule has 0 amide bonds. The number of hydrogen-bond acceptors (Lipinski definition) is 5. The lowest BCUT2D eigenvalue weighted by Crippen LogP contribution is -2.51. The van der Waals surface area contributed by atoms with Gasteiger partial charge in [-0.2, -0.15) is 5.10 Å². The predicted molar refractivity (Wildman–Crippen MR) is 81.5 cm³/mol. The van der Waals surface area contributed by atoms with E-state index in [2.05, 4.69) is 21.0 Å². The van der Waals surface area contributed by atoms with Crippen molar-refractivity contribution in [3.05, 3.63) is 22.6 Å². The van der Waals surface area contributed by atoms with E-state index >= 15 is 0 Å². The number of carbonyl (C=O) groups is 1. The minimum atomic E-state index is -1.31. The first-order valence-electron chi connectivity index (χ1n) is 6.83. The molecule has 120 valence electrons. The van der Waals surface area contributed by atoms with Gasteiger partial charge in [-0.3, -0.25) is 9.52 Å². The molecular formula is C14H18BrN3O4. The zero-order valence-electron chi connectivity index (χ0n) is 12.7. The first-order valence-corrected chi connectivity index (χ1v) is 7.62. The van der Waals surface area contributed by atoms with Crippen molar-refractivity contribution >= 4 is 27.8 Å². The van der Waals surface area contributed by atoms with Crippen LogP contribution >= 0.6 is 15.9 Å². The molecule has 22 heavy (non-hydrogen) atoms. The molecule has 1 aromatic rings. The maximum Gasteiger partial charge on any atom is 0.332 e. The summed E-state index contributed by atoms with van der Waals surface area (Å²) in [5, 5.41) is 15.2. The van der Waals surface area contributed by atoms with E-state index in [0.29, 0.717) is 4.47 Å². The van der Waals surface area contributed by atoms with Crippen molar-refractivity contribution < 1.29 is 19.5 Å². The quantitative estimate of drug-likeness (QED) is 0.817. The molecular weight excluding hydrogens is 354 g/mol. The third-order valence-corrected chi connectivity index (χ3v) is 3.79. The summed E-state index contributed by atoms with van der Waals surface area (Å²) in [5.74, 6) is 0.778. The van der Waals surface area contributed by atoms with Gasteiger partial charge in [0.05, 0.1) is 16.3 Å². The van der Waals surface area contributed by atoms with Gasteiger partial charge in [0.25, 0.3) is 0 Å². The van der Waals surface area contributed by atoms with E-state index in [0.717, 1.165) is 0 Å². The summed E-state index contributed by atoms with van der Waals surface area (Å²) in [4.78, 5) is 28.8. The van der Waals surface area contributed by atoms with Gasteiger partial charge in [0, 0.05) is 25.6 Å². The molecule has 1 N–H and O–H groups in total. The molecule has 0 radical (unpaired) electrons. The molecule has 0 spiro atoms. The number of hydroxylamine groups is 2. The maximum absolute atomic E-state index is 11.9. The van der Waals surface area contributed by atoms with Crippen LogP contribution in [0, 0.1) is 0 Å². The van der Waals surface area contributed by atoms with Gasteiger partial charge in [-0.15, -0.1) is 0 Å². The number of halogens is 1. The molecule has 2 heterocycles. The molecule has 1 aliphatic heterocycles. The fourth-order valence-electron chi connectivity index (χ4n) is 2.40. The molecule has 0 aromatic carbocycles. The predicted octanol–water partition coefficient (Wildman–Crippen LogP) is 1.97. The largest absolute Gasteiger partial charge is 0.479 e. The van der Waals surface area contributed by atoms with Crippen LogP contribution in [0.4, 0.5) is 0 Å². The Kier molecular flexibility index (Phi) is 4.47. The molecule has 0 saturated carbocycles. The first-order chi connectivity index (χ1) is 10.2. The minimum Gasteiger partial charge on any atom is -0.479 e. The van der Waals surface area contributed by atoms with Crippen LogP contribution in [0.1, 0.15) is 33.6 Å². The fraction of sp³-hybridized carbons (Fsp3) is 0.571. The van der Waals surface area contributed by atoms with Crippen LogP contribution in [0.25, 0.3) is 0 Å². The van der Waals surface area contributed by atoms with Crippen LogP contribution in [0.15, 0.2) is 22.6 Å². The van der Waals surface area contributed by atoms with Crippen molar-refractivity contribution in [2.45, 2.75) is 44.8 Å². The van der Waals surface area contributed by atoms with Gasteiger partial charge in [0.1, 0.15) is 11.6 Å².